The van der Waals surface area contributed by atoms with Crippen LogP contribution in [0.3, 0.4) is 0 Å². The van der Waals surface area contributed by atoms with E-state index in [9.17, 15) is 4.39 Å². The minimum atomic E-state index is -0.159. The molecule has 3 rings (SSSR count). The Hall–Kier alpha value is -2.15. The molecule has 0 heterocycles. The molecule has 1 atom stereocenters. The van der Waals surface area contributed by atoms with E-state index in [1.165, 1.54) is 34.7 Å². The third-order valence-corrected chi connectivity index (χ3v) is 4.54. The van der Waals surface area contributed by atoms with Gasteiger partial charge in [0.2, 0.25) is 0 Å². The van der Waals surface area contributed by atoms with Crippen molar-refractivity contribution >= 4 is 10.8 Å². The van der Waals surface area contributed by atoms with Crippen LogP contribution >= 0.6 is 0 Å². The van der Waals surface area contributed by atoms with Gasteiger partial charge in [-0.1, -0.05) is 74.4 Å². The van der Waals surface area contributed by atoms with E-state index in [1.807, 2.05) is 12.1 Å². The minimum Gasteiger partial charge on any atom is -0.207 e. The standard InChI is InChI=1S/C22H23F/c1-2-3-6-20(19-11-13-22(23)14-12-19)15-17-9-10-18-7-4-5-8-21(18)16-17/h4-5,7-14,16,20H,2-3,6,15H2,1H3. The van der Waals surface area contributed by atoms with Crippen LogP contribution in [-0.4, -0.2) is 0 Å². The van der Waals surface area contributed by atoms with Crippen LogP contribution in [0.1, 0.15) is 43.2 Å². The van der Waals surface area contributed by atoms with Gasteiger partial charge in [0.25, 0.3) is 0 Å². The zero-order chi connectivity index (χ0) is 16.1. The molecule has 0 saturated carbocycles. The van der Waals surface area contributed by atoms with Crippen LogP contribution in [0.5, 0.6) is 0 Å². The minimum absolute atomic E-state index is 0.159. The summed E-state index contributed by atoms with van der Waals surface area (Å²) in [5.41, 5.74) is 2.60. The van der Waals surface area contributed by atoms with Gasteiger partial charge in [0.1, 0.15) is 5.82 Å². The summed E-state index contributed by atoms with van der Waals surface area (Å²) >= 11 is 0. The van der Waals surface area contributed by atoms with Crippen LogP contribution in [0.15, 0.2) is 66.7 Å². The highest BCUT2D eigenvalue weighted by atomic mass is 19.1. The van der Waals surface area contributed by atoms with Gasteiger partial charge >= 0.3 is 0 Å². The van der Waals surface area contributed by atoms with Crippen LogP contribution in [0.25, 0.3) is 10.8 Å². The Kier molecular flexibility index (Phi) is 5.07. The van der Waals surface area contributed by atoms with Gasteiger partial charge < -0.3 is 0 Å². The van der Waals surface area contributed by atoms with E-state index in [-0.39, 0.29) is 5.82 Å². The maximum atomic E-state index is 13.2. The van der Waals surface area contributed by atoms with E-state index in [0.717, 1.165) is 12.8 Å². The number of fused-ring (bicyclic) bond motifs is 1. The van der Waals surface area contributed by atoms with Gasteiger partial charge in [-0.05, 0) is 52.8 Å². The summed E-state index contributed by atoms with van der Waals surface area (Å²) in [7, 11) is 0. The summed E-state index contributed by atoms with van der Waals surface area (Å²) in [5.74, 6) is 0.297. The van der Waals surface area contributed by atoms with Crippen molar-refractivity contribution in [2.75, 3.05) is 0 Å². The maximum absolute atomic E-state index is 13.2. The number of rotatable bonds is 6. The first-order valence-corrected chi connectivity index (χ1v) is 8.49. The average Bonchev–Trinajstić information content (AvgIpc) is 2.59. The highest BCUT2D eigenvalue weighted by Crippen LogP contribution is 2.28. The van der Waals surface area contributed by atoms with Crippen LogP contribution in [0.4, 0.5) is 4.39 Å². The number of halogens is 1. The van der Waals surface area contributed by atoms with E-state index in [4.69, 9.17) is 0 Å². The first-order valence-electron chi connectivity index (χ1n) is 8.49. The van der Waals surface area contributed by atoms with Crippen molar-refractivity contribution in [1.29, 1.82) is 0 Å². The van der Waals surface area contributed by atoms with Gasteiger partial charge in [-0.15, -0.1) is 0 Å². The Balaban J connectivity index is 1.85. The molecule has 1 heteroatoms. The fraction of sp³-hybridized carbons (Fsp3) is 0.273. The molecule has 0 fully saturated rings. The predicted octanol–water partition coefficient (Wildman–Crippen LogP) is 6.50. The molecule has 0 nitrogen and oxygen atoms in total. The van der Waals surface area contributed by atoms with E-state index < -0.39 is 0 Å². The number of hydrogen-bond donors (Lipinski definition) is 0. The van der Waals surface area contributed by atoms with Crippen molar-refractivity contribution in [1.82, 2.24) is 0 Å². The quantitative estimate of drug-likeness (QED) is 0.488. The van der Waals surface area contributed by atoms with Crippen LogP contribution in [0, 0.1) is 5.82 Å². The molecule has 0 spiro atoms. The number of unbranched alkanes of at least 4 members (excludes halogenated alkanes) is 1. The molecule has 3 aromatic rings. The Morgan fingerprint density at radius 3 is 2.35 bits per heavy atom. The van der Waals surface area contributed by atoms with Gasteiger partial charge in [0, 0.05) is 0 Å². The zero-order valence-electron chi connectivity index (χ0n) is 13.6. The summed E-state index contributed by atoms with van der Waals surface area (Å²) in [6, 6.07) is 22.2. The van der Waals surface area contributed by atoms with E-state index in [1.54, 1.807) is 12.1 Å². The fourth-order valence-corrected chi connectivity index (χ4v) is 3.22. The van der Waals surface area contributed by atoms with E-state index >= 15 is 0 Å². The molecule has 0 saturated heterocycles. The Bertz CT molecular complexity index is 758. The second kappa shape index (κ2) is 7.41. The fourth-order valence-electron chi connectivity index (χ4n) is 3.22. The van der Waals surface area contributed by atoms with Crippen molar-refractivity contribution in [2.45, 2.75) is 38.5 Å². The molecule has 0 aliphatic heterocycles. The Morgan fingerprint density at radius 2 is 1.61 bits per heavy atom. The van der Waals surface area contributed by atoms with E-state index in [0.29, 0.717) is 5.92 Å². The highest BCUT2D eigenvalue weighted by Gasteiger charge is 2.12. The SMILES string of the molecule is CCCCC(Cc1ccc2ccccc2c1)c1ccc(F)cc1. The lowest BCUT2D eigenvalue weighted by molar-refractivity contribution is 0.578. The van der Waals surface area contributed by atoms with Crippen molar-refractivity contribution in [2.24, 2.45) is 0 Å². The second-order valence-electron chi connectivity index (χ2n) is 6.28. The maximum Gasteiger partial charge on any atom is 0.123 e. The first kappa shape index (κ1) is 15.7. The van der Waals surface area contributed by atoms with Gasteiger partial charge in [-0.2, -0.15) is 0 Å². The monoisotopic (exact) mass is 306 g/mol. The van der Waals surface area contributed by atoms with Gasteiger partial charge in [0.05, 0.1) is 0 Å². The van der Waals surface area contributed by atoms with Crippen LogP contribution in [-0.2, 0) is 6.42 Å². The third-order valence-electron chi connectivity index (χ3n) is 4.54. The summed E-state index contributed by atoms with van der Waals surface area (Å²) in [6.45, 7) is 2.22. The van der Waals surface area contributed by atoms with Gasteiger partial charge in [0.15, 0.2) is 0 Å². The molecule has 0 aromatic heterocycles. The number of hydrogen-bond acceptors (Lipinski definition) is 0. The molecule has 0 radical (unpaired) electrons. The van der Waals surface area contributed by atoms with Crippen molar-refractivity contribution in [3.8, 4) is 0 Å². The van der Waals surface area contributed by atoms with Crippen LogP contribution < -0.4 is 0 Å². The van der Waals surface area contributed by atoms with E-state index in [2.05, 4.69) is 49.4 Å². The van der Waals surface area contributed by atoms with Crippen molar-refractivity contribution in [3.05, 3.63) is 83.7 Å². The Labute approximate surface area is 138 Å². The predicted molar refractivity (Wildman–Crippen MR) is 96.3 cm³/mol. The highest BCUT2D eigenvalue weighted by molar-refractivity contribution is 5.83. The summed E-state index contributed by atoms with van der Waals surface area (Å²) in [4.78, 5) is 0. The first-order chi connectivity index (χ1) is 11.3. The van der Waals surface area contributed by atoms with Gasteiger partial charge in [-0.3, -0.25) is 0 Å². The molecule has 0 amide bonds. The normalized spacial score (nSPS) is 12.4. The Morgan fingerprint density at radius 1 is 0.870 bits per heavy atom. The molecule has 0 aliphatic rings. The molecular weight excluding hydrogens is 283 g/mol. The third kappa shape index (κ3) is 3.98. The molecule has 0 bridgehead atoms. The lowest BCUT2D eigenvalue weighted by atomic mass is 9.87. The number of benzene rings is 3. The van der Waals surface area contributed by atoms with Crippen molar-refractivity contribution < 1.29 is 4.39 Å². The van der Waals surface area contributed by atoms with Crippen LogP contribution in [0.2, 0.25) is 0 Å². The molecule has 118 valence electrons. The lowest BCUT2D eigenvalue weighted by Crippen LogP contribution is -2.03. The zero-order valence-corrected chi connectivity index (χ0v) is 13.6. The summed E-state index contributed by atoms with van der Waals surface area (Å²) in [5, 5.41) is 2.57. The topological polar surface area (TPSA) is 0 Å². The molecule has 0 N–H and O–H groups in total. The second-order valence-corrected chi connectivity index (χ2v) is 6.28. The molecule has 1 unspecified atom stereocenters. The molecule has 23 heavy (non-hydrogen) atoms. The summed E-state index contributed by atoms with van der Waals surface area (Å²) < 4.78 is 13.2. The van der Waals surface area contributed by atoms with Crippen molar-refractivity contribution in [3.63, 3.8) is 0 Å². The van der Waals surface area contributed by atoms with Gasteiger partial charge in [-0.25, -0.2) is 4.39 Å². The largest absolute Gasteiger partial charge is 0.207 e. The molecule has 3 aromatic carbocycles. The molecule has 0 aliphatic carbocycles. The smallest absolute Gasteiger partial charge is 0.123 e. The molecular formula is C22H23F. The average molecular weight is 306 g/mol. The lowest BCUT2D eigenvalue weighted by Gasteiger charge is -2.18. The summed E-state index contributed by atoms with van der Waals surface area (Å²) in [6.07, 6.45) is 4.55.